The van der Waals surface area contributed by atoms with E-state index in [1.807, 2.05) is 6.07 Å². The highest BCUT2D eigenvalue weighted by Crippen LogP contribution is 2.40. The number of ether oxygens (including phenoxy) is 3. The molecule has 1 atom stereocenters. The topological polar surface area (TPSA) is 92.3 Å². The number of nitrogens with zero attached hydrogens (tertiary/aromatic N) is 2. The van der Waals surface area contributed by atoms with Gasteiger partial charge in [0.25, 0.3) is 5.56 Å². The Morgan fingerprint density at radius 1 is 1.29 bits per heavy atom. The van der Waals surface area contributed by atoms with Gasteiger partial charge in [0.2, 0.25) is 0 Å². The number of rotatable bonds is 6. The van der Waals surface area contributed by atoms with Gasteiger partial charge in [-0.3, -0.25) is 9.36 Å². The lowest BCUT2D eigenvalue weighted by Crippen LogP contribution is -2.40. The van der Waals surface area contributed by atoms with E-state index in [0.717, 1.165) is 0 Å². The van der Waals surface area contributed by atoms with Crippen LogP contribution >= 0.6 is 49.9 Å². The average molecular weight is 659 g/mol. The molecule has 0 unspecified atom stereocenters. The molecule has 4 rings (SSSR count). The summed E-state index contributed by atoms with van der Waals surface area (Å²) in [6.45, 7) is 3.66. The number of aromatic nitrogens is 1. The number of hydrogen-bond acceptors (Lipinski definition) is 8. The standard InChI is InChI=1S/C23H20BrIN2O6S/c1-5-32-22(29)19-11(2)26-23-27(21(28)17(34-23)8-12-6-7-18(25)33-12)20(19)13-9-15(30-3)16(31-4)10-14(13)24/h6-10,20H,5H2,1-4H3/b17-8-/t20-/m0/s1. The smallest absolute Gasteiger partial charge is 0.338 e. The van der Waals surface area contributed by atoms with Gasteiger partial charge in [0, 0.05) is 10.5 Å². The van der Waals surface area contributed by atoms with Crippen molar-refractivity contribution in [2.45, 2.75) is 19.9 Å². The van der Waals surface area contributed by atoms with Crippen molar-refractivity contribution in [2.24, 2.45) is 4.99 Å². The van der Waals surface area contributed by atoms with Crippen LogP contribution in [0.5, 0.6) is 11.5 Å². The van der Waals surface area contributed by atoms with Gasteiger partial charge in [0.05, 0.1) is 42.7 Å². The molecule has 0 bridgehead atoms. The number of allylic oxidation sites excluding steroid dienone is 1. The molecular formula is C23H20BrIN2O6S. The second-order valence-corrected chi connectivity index (χ2v) is 10.1. The molecule has 0 saturated carbocycles. The van der Waals surface area contributed by atoms with Gasteiger partial charge in [-0.05, 0) is 66.3 Å². The summed E-state index contributed by atoms with van der Waals surface area (Å²) in [5.41, 5.74) is 1.10. The van der Waals surface area contributed by atoms with Gasteiger partial charge in [0.1, 0.15) is 5.76 Å². The molecular weight excluding hydrogens is 639 g/mol. The summed E-state index contributed by atoms with van der Waals surface area (Å²) in [4.78, 5) is 31.7. The highest BCUT2D eigenvalue weighted by Gasteiger charge is 2.35. The average Bonchev–Trinajstić information content (AvgIpc) is 3.35. The van der Waals surface area contributed by atoms with E-state index >= 15 is 0 Å². The van der Waals surface area contributed by atoms with Crippen LogP contribution in [0.25, 0.3) is 6.08 Å². The number of fused-ring (bicyclic) bond motifs is 1. The van der Waals surface area contributed by atoms with Crippen molar-refractivity contribution in [2.75, 3.05) is 20.8 Å². The fraction of sp³-hybridized carbons (Fsp3) is 0.261. The zero-order chi connectivity index (χ0) is 24.6. The number of benzene rings is 1. The van der Waals surface area contributed by atoms with Crippen molar-refractivity contribution in [3.63, 3.8) is 0 Å². The number of thiazole rings is 1. The molecule has 3 aromatic rings. The Morgan fingerprint density at radius 3 is 2.62 bits per heavy atom. The summed E-state index contributed by atoms with van der Waals surface area (Å²) in [6.07, 6.45) is 1.68. The molecule has 0 saturated heterocycles. The van der Waals surface area contributed by atoms with Crippen LogP contribution in [0.2, 0.25) is 0 Å². The molecule has 0 aliphatic carbocycles. The maximum Gasteiger partial charge on any atom is 0.338 e. The second-order valence-electron chi connectivity index (χ2n) is 7.17. The van der Waals surface area contributed by atoms with Gasteiger partial charge >= 0.3 is 5.97 Å². The molecule has 8 nitrogen and oxygen atoms in total. The van der Waals surface area contributed by atoms with Crippen LogP contribution in [0.3, 0.4) is 0 Å². The van der Waals surface area contributed by atoms with Crippen molar-refractivity contribution < 1.29 is 23.4 Å². The Kier molecular flexibility index (Phi) is 7.33. The summed E-state index contributed by atoms with van der Waals surface area (Å²) in [5.74, 6) is 0.993. The van der Waals surface area contributed by atoms with E-state index < -0.39 is 12.0 Å². The van der Waals surface area contributed by atoms with Gasteiger partial charge in [-0.1, -0.05) is 27.3 Å². The predicted molar refractivity (Wildman–Crippen MR) is 139 cm³/mol. The number of carbonyl (C=O) groups is 1. The molecule has 0 amide bonds. The lowest BCUT2D eigenvalue weighted by atomic mass is 9.95. The van der Waals surface area contributed by atoms with E-state index in [9.17, 15) is 9.59 Å². The molecule has 2 aromatic heterocycles. The summed E-state index contributed by atoms with van der Waals surface area (Å²) in [5, 5.41) is 0. The lowest BCUT2D eigenvalue weighted by molar-refractivity contribution is -0.139. The normalized spacial score (nSPS) is 15.7. The van der Waals surface area contributed by atoms with Gasteiger partial charge in [-0.25, -0.2) is 9.79 Å². The molecule has 1 aromatic carbocycles. The van der Waals surface area contributed by atoms with Crippen LogP contribution in [0.4, 0.5) is 0 Å². The monoisotopic (exact) mass is 658 g/mol. The first-order valence-corrected chi connectivity index (χ1v) is 12.8. The molecule has 0 radical (unpaired) electrons. The SMILES string of the molecule is CCOC(=O)C1=C(C)N=c2s/c(=C\c3ccc(I)o3)c(=O)n2[C@H]1c1cc(OC)c(OC)cc1Br. The van der Waals surface area contributed by atoms with Gasteiger partial charge in [-0.2, -0.15) is 0 Å². The minimum atomic E-state index is -0.789. The summed E-state index contributed by atoms with van der Waals surface area (Å²) in [7, 11) is 3.07. The largest absolute Gasteiger partial charge is 0.493 e. The minimum Gasteiger partial charge on any atom is -0.493 e. The highest BCUT2D eigenvalue weighted by molar-refractivity contribution is 14.1. The van der Waals surface area contributed by atoms with Gasteiger partial charge in [-0.15, -0.1) is 0 Å². The van der Waals surface area contributed by atoms with E-state index in [4.69, 9.17) is 18.6 Å². The lowest BCUT2D eigenvalue weighted by Gasteiger charge is -2.26. The molecule has 3 heterocycles. The minimum absolute atomic E-state index is 0.191. The molecule has 34 heavy (non-hydrogen) atoms. The van der Waals surface area contributed by atoms with Crippen LogP contribution in [0.15, 0.2) is 54.2 Å². The molecule has 1 aliphatic rings. The van der Waals surface area contributed by atoms with Crippen molar-refractivity contribution in [1.82, 2.24) is 4.57 Å². The molecule has 0 fully saturated rings. The number of methoxy groups -OCH3 is 2. The van der Waals surface area contributed by atoms with E-state index in [0.29, 0.717) is 46.1 Å². The third-order valence-electron chi connectivity index (χ3n) is 5.18. The Balaban J connectivity index is 2.02. The quantitative estimate of drug-likeness (QED) is 0.296. The van der Waals surface area contributed by atoms with E-state index in [1.165, 1.54) is 30.1 Å². The van der Waals surface area contributed by atoms with Crippen LogP contribution < -0.4 is 24.4 Å². The van der Waals surface area contributed by atoms with Crippen LogP contribution in [0, 0.1) is 3.77 Å². The van der Waals surface area contributed by atoms with Crippen LogP contribution in [-0.4, -0.2) is 31.4 Å². The highest BCUT2D eigenvalue weighted by atomic mass is 127. The van der Waals surface area contributed by atoms with Crippen molar-refractivity contribution >= 4 is 61.9 Å². The summed E-state index contributed by atoms with van der Waals surface area (Å²) >= 11 is 6.88. The first-order valence-electron chi connectivity index (χ1n) is 10.2. The molecule has 11 heteroatoms. The van der Waals surface area contributed by atoms with Crippen LogP contribution in [-0.2, 0) is 9.53 Å². The molecule has 0 N–H and O–H groups in total. The maximum absolute atomic E-state index is 13.6. The van der Waals surface area contributed by atoms with Crippen molar-refractivity contribution in [1.29, 1.82) is 0 Å². The predicted octanol–water partition coefficient (Wildman–Crippen LogP) is 3.78. The third-order valence-corrected chi connectivity index (χ3v) is 7.43. The van der Waals surface area contributed by atoms with E-state index in [-0.39, 0.29) is 17.7 Å². The number of halogens is 2. The van der Waals surface area contributed by atoms with E-state index in [1.54, 1.807) is 38.1 Å². The summed E-state index contributed by atoms with van der Waals surface area (Å²) in [6, 6.07) is 6.31. The first-order chi connectivity index (χ1) is 16.3. The Hall–Kier alpha value is -2.38. The zero-order valence-electron chi connectivity index (χ0n) is 18.7. The van der Waals surface area contributed by atoms with E-state index in [2.05, 4.69) is 43.5 Å². The Labute approximate surface area is 220 Å². The summed E-state index contributed by atoms with van der Waals surface area (Å²) < 4.78 is 25.1. The molecule has 0 spiro atoms. The second kappa shape index (κ2) is 10.1. The number of esters is 1. The zero-order valence-corrected chi connectivity index (χ0v) is 23.2. The van der Waals surface area contributed by atoms with Gasteiger partial charge < -0.3 is 18.6 Å². The van der Waals surface area contributed by atoms with Crippen LogP contribution in [0.1, 0.15) is 31.2 Å². The number of furan rings is 1. The third kappa shape index (κ3) is 4.48. The maximum atomic E-state index is 13.6. The molecule has 1 aliphatic heterocycles. The Morgan fingerprint density at radius 2 is 2.00 bits per heavy atom. The fourth-order valence-corrected chi connectivity index (χ4v) is 5.70. The molecule has 178 valence electrons. The Bertz CT molecular complexity index is 1490. The first kappa shape index (κ1) is 24.7. The number of carbonyl (C=O) groups excluding carboxylic acids is 1. The number of hydrogen-bond donors (Lipinski definition) is 0. The van der Waals surface area contributed by atoms with Crippen molar-refractivity contribution in [3.8, 4) is 11.5 Å². The van der Waals surface area contributed by atoms with Gasteiger partial charge in [0.15, 0.2) is 20.1 Å². The fourth-order valence-electron chi connectivity index (χ4n) is 3.70. The van der Waals surface area contributed by atoms with Crippen molar-refractivity contribution in [3.05, 3.63) is 74.8 Å².